The fourth-order valence-corrected chi connectivity index (χ4v) is 3.68. The van der Waals surface area contributed by atoms with E-state index in [4.69, 9.17) is 4.74 Å². The van der Waals surface area contributed by atoms with Gasteiger partial charge >= 0.3 is 11.9 Å². The molecular weight excluding hydrogens is 316 g/mol. The smallest absolute Gasteiger partial charge is 0.323 e. The van der Waals surface area contributed by atoms with E-state index < -0.39 is 17.4 Å². The van der Waals surface area contributed by atoms with E-state index in [2.05, 4.69) is 13.8 Å². The predicted octanol–water partition coefficient (Wildman–Crippen LogP) is 5.73. The van der Waals surface area contributed by atoms with Gasteiger partial charge in [0.1, 0.15) is 0 Å². The molecule has 0 spiro atoms. The molecule has 1 N–H and O–H groups in total. The molecule has 4 nitrogen and oxygen atoms in total. The number of unbranched alkanes of at least 4 members (excludes halogenated alkanes) is 7. The summed E-state index contributed by atoms with van der Waals surface area (Å²) in [6.45, 7) is 4.92. The zero-order valence-electron chi connectivity index (χ0n) is 16.4. The molecule has 1 saturated carbocycles. The largest absolute Gasteiger partial charge is 0.480 e. The lowest BCUT2D eigenvalue weighted by atomic mass is 9.74. The van der Waals surface area contributed by atoms with E-state index in [1.807, 2.05) is 0 Å². The summed E-state index contributed by atoms with van der Waals surface area (Å²) in [6, 6.07) is 0. The minimum Gasteiger partial charge on any atom is -0.480 e. The first-order valence-electron chi connectivity index (χ1n) is 10.4. The fourth-order valence-electron chi connectivity index (χ4n) is 3.68. The lowest BCUT2D eigenvalue weighted by Crippen LogP contribution is -2.42. The second-order valence-corrected chi connectivity index (χ2v) is 8.09. The number of hydrogen-bond acceptors (Lipinski definition) is 3. The minimum absolute atomic E-state index is 0.363. The molecule has 0 amide bonds. The van der Waals surface area contributed by atoms with E-state index in [-0.39, 0.29) is 0 Å². The second kappa shape index (κ2) is 12.3. The van der Waals surface area contributed by atoms with Gasteiger partial charge in [0, 0.05) is 0 Å². The summed E-state index contributed by atoms with van der Waals surface area (Å²) in [7, 11) is 0. The Hall–Kier alpha value is -1.06. The van der Waals surface area contributed by atoms with Crippen LogP contribution in [-0.4, -0.2) is 23.7 Å². The third-order valence-corrected chi connectivity index (χ3v) is 5.42. The Morgan fingerprint density at radius 2 is 1.40 bits per heavy atom. The maximum Gasteiger partial charge on any atom is 0.323 e. The fraction of sp³-hybridized carbons (Fsp3) is 0.905. The minimum atomic E-state index is -1.27. The van der Waals surface area contributed by atoms with E-state index >= 15 is 0 Å². The van der Waals surface area contributed by atoms with Crippen molar-refractivity contribution >= 4 is 11.9 Å². The summed E-state index contributed by atoms with van der Waals surface area (Å²) in [5, 5.41) is 9.45. The van der Waals surface area contributed by atoms with Crippen LogP contribution in [0.2, 0.25) is 0 Å². The van der Waals surface area contributed by atoms with Gasteiger partial charge in [-0.25, -0.2) is 0 Å². The van der Waals surface area contributed by atoms with Crippen LogP contribution in [0.1, 0.15) is 104 Å². The maximum absolute atomic E-state index is 12.2. The van der Waals surface area contributed by atoms with Crippen molar-refractivity contribution in [2.24, 2.45) is 11.3 Å². The Kier molecular flexibility index (Phi) is 10.8. The highest BCUT2D eigenvalue weighted by molar-refractivity contribution is 5.99. The van der Waals surface area contributed by atoms with Crippen molar-refractivity contribution in [1.82, 2.24) is 0 Å². The van der Waals surface area contributed by atoms with Gasteiger partial charge < -0.3 is 9.84 Å². The number of carbonyl (C=O) groups excluding carboxylic acids is 1. The Balaban J connectivity index is 2.03. The van der Waals surface area contributed by atoms with Gasteiger partial charge in [-0.15, -0.1) is 0 Å². The lowest BCUT2D eigenvalue weighted by molar-refractivity contribution is -0.171. The van der Waals surface area contributed by atoms with Crippen LogP contribution in [0.15, 0.2) is 0 Å². The molecule has 146 valence electrons. The quantitative estimate of drug-likeness (QED) is 0.260. The SMILES string of the molecule is CC(C)CCCCCCCCCCOC(=O)C1(C(=O)O)CCCCC1. The lowest BCUT2D eigenvalue weighted by Gasteiger charge is -2.30. The molecule has 0 saturated heterocycles. The highest BCUT2D eigenvalue weighted by Gasteiger charge is 2.48. The van der Waals surface area contributed by atoms with Crippen LogP contribution in [0.25, 0.3) is 0 Å². The molecule has 0 radical (unpaired) electrons. The number of ether oxygens (including phenoxy) is 1. The second-order valence-electron chi connectivity index (χ2n) is 8.09. The van der Waals surface area contributed by atoms with E-state index in [0.717, 1.165) is 38.0 Å². The van der Waals surface area contributed by atoms with Crippen LogP contribution in [0.3, 0.4) is 0 Å². The molecule has 0 aliphatic heterocycles. The first-order valence-corrected chi connectivity index (χ1v) is 10.4. The molecule has 1 aliphatic rings. The van der Waals surface area contributed by atoms with E-state index in [0.29, 0.717) is 19.4 Å². The average Bonchev–Trinajstić information content (AvgIpc) is 2.59. The van der Waals surface area contributed by atoms with Crippen molar-refractivity contribution in [3.63, 3.8) is 0 Å². The van der Waals surface area contributed by atoms with Crippen molar-refractivity contribution in [2.75, 3.05) is 6.61 Å². The number of carbonyl (C=O) groups is 2. The highest BCUT2D eigenvalue weighted by Crippen LogP contribution is 2.37. The molecular formula is C21H38O4. The molecule has 0 aromatic carbocycles. The number of carboxylic acids is 1. The summed E-state index contributed by atoms with van der Waals surface area (Å²) in [5.74, 6) is -0.698. The summed E-state index contributed by atoms with van der Waals surface area (Å²) >= 11 is 0. The van der Waals surface area contributed by atoms with Crippen LogP contribution in [0, 0.1) is 11.3 Å². The molecule has 1 aliphatic carbocycles. The molecule has 1 rings (SSSR count). The number of esters is 1. The number of hydrogen-bond donors (Lipinski definition) is 1. The maximum atomic E-state index is 12.2. The zero-order valence-corrected chi connectivity index (χ0v) is 16.4. The molecule has 0 aromatic heterocycles. The predicted molar refractivity (Wildman–Crippen MR) is 101 cm³/mol. The Morgan fingerprint density at radius 1 is 0.880 bits per heavy atom. The van der Waals surface area contributed by atoms with Crippen molar-refractivity contribution in [3.05, 3.63) is 0 Å². The molecule has 0 unspecified atom stereocenters. The Labute approximate surface area is 153 Å². The van der Waals surface area contributed by atoms with Crippen LogP contribution in [0.4, 0.5) is 0 Å². The number of carboxylic acid groups (broad SMARTS) is 1. The highest BCUT2D eigenvalue weighted by atomic mass is 16.5. The third-order valence-electron chi connectivity index (χ3n) is 5.42. The van der Waals surface area contributed by atoms with Gasteiger partial charge in [-0.05, 0) is 25.2 Å². The van der Waals surface area contributed by atoms with Crippen molar-refractivity contribution < 1.29 is 19.4 Å². The summed E-state index contributed by atoms with van der Waals surface area (Å²) < 4.78 is 5.31. The standard InChI is InChI=1S/C21H38O4/c1-18(2)14-10-7-5-3-4-6-8-13-17-25-20(24)21(19(22)23)15-11-9-12-16-21/h18H,3-17H2,1-2H3,(H,22,23). The molecule has 0 aromatic rings. The number of rotatable bonds is 13. The van der Waals surface area contributed by atoms with Crippen molar-refractivity contribution in [2.45, 2.75) is 104 Å². The van der Waals surface area contributed by atoms with Gasteiger partial charge in [-0.1, -0.05) is 84.5 Å². The normalized spacial score (nSPS) is 16.8. The molecule has 0 bridgehead atoms. The van der Waals surface area contributed by atoms with Crippen LogP contribution >= 0.6 is 0 Å². The molecule has 1 fully saturated rings. The van der Waals surface area contributed by atoms with Crippen molar-refractivity contribution in [1.29, 1.82) is 0 Å². The number of aliphatic carboxylic acids is 1. The Bertz CT molecular complexity index is 383. The van der Waals surface area contributed by atoms with E-state index in [1.54, 1.807) is 0 Å². The van der Waals surface area contributed by atoms with Crippen LogP contribution in [0.5, 0.6) is 0 Å². The molecule has 0 heterocycles. The molecule has 0 atom stereocenters. The van der Waals surface area contributed by atoms with Gasteiger partial charge in [0.25, 0.3) is 0 Å². The van der Waals surface area contributed by atoms with Gasteiger partial charge in [-0.3, -0.25) is 9.59 Å². The van der Waals surface area contributed by atoms with Crippen LogP contribution < -0.4 is 0 Å². The summed E-state index contributed by atoms with van der Waals surface area (Å²) in [6.07, 6.45) is 14.4. The average molecular weight is 355 g/mol. The first-order chi connectivity index (χ1) is 12.0. The monoisotopic (exact) mass is 354 g/mol. The topological polar surface area (TPSA) is 63.6 Å². The zero-order chi connectivity index (χ0) is 18.5. The first kappa shape index (κ1) is 22.0. The van der Waals surface area contributed by atoms with E-state index in [9.17, 15) is 14.7 Å². The summed E-state index contributed by atoms with van der Waals surface area (Å²) in [4.78, 5) is 23.8. The van der Waals surface area contributed by atoms with Gasteiger partial charge in [0.2, 0.25) is 0 Å². The molecule has 25 heavy (non-hydrogen) atoms. The molecule has 4 heteroatoms. The van der Waals surface area contributed by atoms with Gasteiger partial charge in [-0.2, -0.15) is 0 Å². The third kappa shape index (κ3) is 8.24. The van der Waals surface area contributed by atoms with Crippen molar-refractivity contribution in [3.8, 4) is 0 Å². The van der Waals surface area contributed by atoms with Gasteiger partial charge in [0.05, 0.1) is 6.61 Å². The van der Waals surface area contributed by atoms with E-state index in [1.165, 1.54) is 44.9 Å². The van der Waals surface area contributed by atoms with Gasteiger partial charge in [0.15, 0.2) is 5.41 Å². The Morgan fingerprint density at radius 3 is 1.92 bits per heavy atom. The summed E-state index contributed by atoms with van der Waals surface area (Å²) in [5.41, 5.74) is -1.27. The van der Waals surface area contributed by atoms with Crippen LogP contribution in [-0.2, 0) is 14.3 Å².